The van der Waals surface area contributed by atoms with E-state index in [9.17, 15) is 13.2 Å². The first-order chi connectivity index (χ1) is 13.3. The summed E-state index contributed by atoms with van der Waals surface area (Å²) in [6.07, 6.45) is -4.60. The van der Waals surface area contributed by atoms with E-state index >= 15 is 0 Å². The van der Waals surface area contributed by atoms with E-state index in [1.165, 1.54) is 18.2 Å². The minimum Gasteiger partial charge on any atom is -0.369 e. The first-order valence-electron chi connectivity index (χ1n) is 7.99. The van der Waals surface area contributed by atoms with E-state index in [1.807, 2.05) is 30.3 Å². The van der Waals surface area contributed by atoms with Gasteiger partial charge < -0.3 is 9.72 Å². The highest BCUT2D eigenvalue weighted by Gasteiger charge is 2.37. The number of aromatic amines is 1. The van der Waals surface area contributed by atoms with Gasteiger partial charge in [0.2, 0.25) is 0 Å². The van der Waals surface area contributed by atoms with Crippen molar-refractivity contribution in [1.29, 1.82) is 0 Å². The molecule has 0 unspecified atom stereocenters. The van der Waals surface area contributed by atoms with Crippen molar-refractivity contribution >= 4 is 29.1 Å². The van der Waals surface area contributed by atoms with Gasteiger partial charge in [-0.15, -0.1) is 0 Å². The number of rotatable bonds is 6. The molecule has 9 heteroatoms. The summed E-state index contributed by atoms with van der Waals surface area (Å²) in [5.41, 5.74) is 0.191. The van der Waals surface area contributed by atoms with E-state index < -0.39 is 11.9 Å². The van der Waals surface area contributed by atoms with Crippen molar-refractivity contribution in [2.24, 2.45) is 0 Å². The summed E-state index contributed by atoms with van der Waals surface area (Å²) in [4.78, 5) is 9.98. The molecule has 1 heterocycles. The molecule has 0 atom stereocenters. The fourth-order valence-electron chi connectivity index (χ4n) is 2.36. The van der Waals surface area contributed by atoms with E-state index in [4.69, 9.17) is 22.9 Å². The van der Waals surface area contributed by atoms with Crippen molar-refractivity contribution in [2.75, 3.05) is 0 Å². The van der Waals surface area contributed by atoms with Crippen LogP contribution in [0, 0.1) is 6.57 Å². The Morgan fingerprint density at radius 1 is 1.14 bits per heavy atom. The molecule has 0 aliphatic rings. The van der Waals surface area contributed by atoms with Crippen molar-refractivity contribution in [3.63, 3.8) is 0 Å². The molecule has 4 nitrogen and oxygen atoms in total. The number of H-pyrrole nitrogens is 1. The fraction of sp³-hybridized carbons (Fsp3) is 0.158. The molecule has 28 heavy (non-hydrogen) atoms. The van der Waals surface area contributed by atoms with Crippen molar-refractivity contribution in [1.82, 2.24) is 9.97 Å². The second-order valence-electron chi connectivity index (χ2n) is 5.70. The number of hydrogen-bond acceptors (Lipinski definition) is 3. The number of hydrogen-bond donors (Lipinski definition) is 1. The first-order valence-corrected chi connectivity index (χ1v) is 9.18. The van der Waals surface area contributed by atoms with Gasteiger partial charge in [0, 0.05) is 9.92 Å². The third-order valence-corrected chi connectivity index (χ3v) is 4.73. The third-order valence-electron chi connectivity index (χ3n) is 3.55. The van der Waals surface area contributed by atoms with E-state index in [0.717, 1.165) is 17.3 Å². The van der Waals surface area contributed by atoms with Crippen LogP contribution in [0.25, 0.3) is 4.85 Å². The SMILES string of the molecule is [C-]#[N+]c1cc(Cl)cc(Sc2nc(COCc3ccccc3)[nH]c2C(F)(F)F)c1. The fourth-order valence-corrected chi connectivity index (χ4v) is 3.67. The van der Waals surface area contributed by atoms with Crippen LogP contribution in [0.1, 0.15) is 17.1 Å². The van der Waals surface area contributed by atoms with Crippen LogP contribution in [0.3, 0.4) is 0 Å². The molecule has 3 aromatic rings. The molecule has 0 aliphatic heterocycles. The Morgan fingerprint density at radius 2 is 1.89 bits per heavy atom. The molecule has 0 bridgehead atoms. The predicted molar refractivity (Wildman–Crippen MR) is 100 cm³/mol. The monoisotopic (exact) mass is 423 g/mol. The Bertz CT molecular complexity index is 1000. The Balaban J connectivity index is 1.78. The highest BCUT2D eigenvalue weighted by Crippen LogP contribution is 2.39. The van der Waals surface area contributed by atoms with E-state index in [0.29, 0.717) is 4.90 Å². The van der Waals surface area contributed by atoms with Crippen LogP contribution in [0.4, 0.5) is 18.9 Å². The molecule has 0 spiro atoms. The van der Waals surface area contributed by atoms with Gasteiger partial charge in [0.25, 0.3) is 0 Å². The third kappa shape index (κ3) is 5.29. The summed E-state index contributed by atoms with van der Waals surface area (Å²) in [7, 11) is 0. The lowest BCUT2D eigenvalue weighted by Gasteiger charge is -2.06. The molecule has 0 saturated heterocycles. The maximum absolute atomic E-state index is 13.4. The second kappa shape index (κ2) is 8.69. The Labute approximate surface area is 168 Å². The molecule has 1 N–H and O–H groups in total. The molecule has 0 aliphatic carbocycles. The lowest BCUT2D eigenvalue weighted by atomic mass is 10.2. The average Bonchev–Trinajstić information content (AvgIpc) is 3.05. The topological polar surface area (TPSA) is 42.3 Å². The minimum absolute atomic E-state index is 0.0678. The van der Waals surface area contributed by atoms with Crippen molar-refractivity contribution in [3.05, 3.63) is 82.1 Å². The summed E-state index contributed by atoms with van der Waals surface area (Å²) >= 11 is 6.72. The summed E-state index contributed by atoms with van der Waals surface area (Å²) in [6.45, 7) is 7.21. The van der Waals surface area contributed by atoms with Gasteiger partial charge in [-0.1, -0.05) is 53.7 Å². The Kier molecular flexibility index (Phi) is 6.29. The number of nitrogens with one attached hydrogen (secondary N) is 1. The number of imidazole rings is 1. The summed E-state index contributed by atoms with van der Waals surface area (Å²) in [6, 6.07) is 13.7. The van der Waals surface area contributed by atoms with Crippen molar-refractivity contribution < 1.29 is 17.9 Å². The minimum atomic E-state index is -4.60. The standard InChI is InChI=1S/C19H13ClF3N3OS/c1-24-14-7-13(20)8-15(9-14)28-18-17(19(21,22)23)25-16(26-18)11-27-10-12-5-3-2-4-6-12/h2-9H,10-11H2,(H,25,26). The van der Waals surface area contributed by atoms with Crippen LogP contribution in [-0.4, -0.2) is 9.97 Å². The zero-order valence-electron chi connectivity index (χ0n) is 14.3. The van der Waals surface area contributed by atoms with E-state index in [1.54, 1.807) is 0 Å². The van der Waals surface area contributed by atoms with E-state index in [2.05, 4.69) is 14.8 Å². The zero-order valence-corrected chi connectivity index (χ0v) is 15.8. The first kappa shape index (κ1) is 20.3. The average molecular weight is 424 g/mol. The normalized spacial score (nSPS) is 11.4. The molecule has 0 fully saturated rings. The number of aromatic nitrogens is 2. The molecule has 3 rings (SSSR count). The Hall–Kier alpha value is -2.47. The van der Waals surface area contributed by atoms with Crippen LogP contribution in [0.2, 0.25) is 5.02 Å². The number of benzene rings is 2. The highest BCUT2D eigenvalue weighted by molar-refractivity contribution is 7.99. The molecule has 0 amide bonds. The van der Waals surface area contributed by atoms with Crippen LogP contribution in [0.15, 0.2) is 58.5 Å². The quantitative estimate of drug-likeness (QED) is 0.460. The molecule has 1 aromatic heterocycles. The van der Waals surface area contributed by atoms with E-state index in [-0.39, 0.29) is 34.8 Å². The molecule has 144 valence electrons. The summed E-state index contributed by atoms with van der Waals surface area (Å²) < 4.78 is 45.6. The lowest BCUT2D eigenvalue weighted by Crippen LogP contribution is -2.07. The van der Waals surface area contributed by atoms with Gasteiger partial charge in [-0.25, -0.2) is 9.83 Å². The second-order valence-corrected chi connectivity index (χ2v) is 7.20. The van der Waals surface area contributed by atoms with Crippen LogP contribution >= 0.6 is 23.4 Å². The van der Waals surface area contributed by atoms with Gasteiger partial charge in [-0.3, -0.25) is 0 Å². The highest BCUT2D eigenvalue weighted by atomic mass is 35.5. The van der Waals surface area contributed by atoms with Gasteiger partial charge in [0.1, 0.15) is 17.5 Å². The molecular formula is C19H13ClF3N3OS. The number of ether oxygens (including phenoxy) is 1. The maximum Gasteiger partial charge on any atom is 0.433 e. The summed E-state index contributed by atoms with van der Waals surface area (Å²) in [5.74, 6) is 0.0678. The van der Waals surface area contributed by atoms with Gasteiger partial charge in [-0.2, -0.15) is 13.2 Å². The predicted octanol–water partition coefficient (Wildman–Crippen LogP) is 6.50. The largest absolute Gasteiger partial charge is 0.433 e. The van der Waals surface area contributed by atoms with Crippen LogP contribution in [-0.2, 0) is 24.1 Å². The smallest absolute Gasteiger partial charge is 0.369 e. The number of halogens is 4. The zero-order chi connectivity index (χ0) is 20.1. The molecular weight excluding hydrogens is 411 g/mol. The van der Waals surface area contributed by atoms with Crippen LogP contribution < -0.4 is 0 Å². The van der Waals surface area contributed by atoms with Crippen molar-refractivity contribution in [2.45, 2.75) is 29.3 Å². The number of alkyl halides is 3. The Morgan fingerprint density at radius 3 is 2.57 bits per heavy atom. The lowest BCUT2D eigenvalue weighted by molar-refractivity contribution is -0.143. The molecule has 2 aromatic carbocycles. The van der Waals surface area contributed by atoms with Crippen molar-refractivity contribution in [3.8, 4) is 0 Å². The maximum atomic E-state index is 13.4. The van der Waals surface area contributed by atoms with Gasteiger partial charge in [0.05, 0.1) is 13.2 Å². The summed E-state index contributed by atoms with van der Waals surface area (Å²) in [5, 5.41) is 0.0236. The van der Waals surface area contributed by atoms with Gasteiger partial charge in [0.15, 0.2) is 11.4 Å². The van der Waals surface area contributed by atoms with Gasteiger partial charge >= 0.3 is 6.18 Å². The van der Waals surface area contributed by atoms with Crippen LogP contribution in [0.5, 0.6) is 0 Å². The van der Waals surface area contributed by atoms with Gasteiger partial charge in [-0.05, 0) is 23.8 Å². The molecule has 0 saturated carbocycles. The number of nitrogens with zero attached hydrogens (tertiary/aromatic N) is 2. The molecule has 0 radical (unpaired) electrons.